The van der Waals surface area contributed by atoms with Crippen molar-refractivity contribution in [1.29, 1.82) is 0 Å². The van der Waals surface area contributed by atoms with E-state index in [4.69, 9.17) is 5.73 Å². The summed E-state index contributed by atoms with van der Waals surface area (Å²) in [5.41, 5.74) is 7.60. The molecule has 0 aliphatic carbocycles. The van der Waals surface area contributed by atoms with Crippen molar-refractivity contribution in [3.8, 4) is 0 Å². The highest BCUT2D eigenvalue weighted by Gasteiger charge is 2.17. The maximum atomic E-state index is 12.0. The number of nitrogens with zero attached hydrogens (tertiary/aromatic N) is 1. The second kappa shape index (κ2) is 6.40. The Labute approximate surface area is 104 Å². The Morgan fingerprint density at radius 1 is 1.29 bits per heavy atom. The van der Waals surface area contributed by atoms with E-state index >= 15 is 0 Å². The van der Waals surface area contributed by atoms with Gasteiger partial charge in [0.1, 0.15) is 0 Å². The van der Waals surface area contributed by atoms with Crippen molar-refractivity contribution in [3.05, 3.63) is 29.8 Å². The van der Waals surface area contributed by atoms with Crippen molar-refractivity contribution < 1.29 is 4.79 Å². The molecular formula is C14H22N2O. The topological polar surface area (TPSA) is 46.3 Å². The van der Waals surface area contributed by atoms with Crippen LogP contribution >= 0.6 is 0 Å². The fourth-order valence-electron chi connectivity index (χ4n) is 1.86. The predicted octanol–water partition coefficient (Wildman–Crippen LogP) is 2.69. The number of hydrogen-bond acceptors (Lipinski definition) is 2. The quantitative estimate of drug-likeness (QED) is 0.851. The summed E-state index contributed by atoms with van der Waals surface area (Å²) in [7, 11) is 0. The van der Waals surface area contributed by atoms with Crippen molar-refractivity contribution >= 4 is 11.6 Å². The molecule has 0 heterocycles. The molecule has 1 amide bonds. The summed E-state index contributed by atoms with van der Waals surface area (Å²) in [5.74, 6) is 0.183. The van der Waals surface area contributed by atoms with Crippen LogP contribution in [-0.2, 0) is 11.3 Å². The first kappa shape index (κ1) is 13.7. The lowest BCUT2D eigenvalue weighted by Crippen LogP contribution is -2.36. The average Bonchev–Trinajstić information content (AvgIpc) is 2.30. The summed E-state index contributed by atoms with van der Waals surface area (Å²) in [6.45, 7) is 6.62. The molecule has 1 aromatic carbocycles. The van der Waals surface area contributed by atoms with E-state index < -0.39 is 0 Å². The van der Waals surface area contributed by atoms with Gasteiger partial charge in [-0.3, -0.25) is 4.79 Å². The number of amides is 1. The third-order valence-electron chi connectivity index (χ3n) is 2.70. The van der Waals surface area contributed by atoms with E-state index in [0.717, 1.165) is 17.7 Å². The molecule has 0 saturated heterocycles. The molecule has 3 nitrogen and oxygen atoms in total. The van der Waals surface area contributed by atoms with Gasteiger partial charge in [-0.1, -0.05) is 19.1 Å². The molecule has 0 bridgehead atoms. The molecule has 0 radical (unpaired) electrons. The van der Waals surface area contributed by atoms with E-state index in [0.29, 0.717) is 13.0 Å². The van der Waals surface area contributed by atoms with E-state index in [1.54, 1.807) is 0 Å². The Bertz CT molecular complexity index is 357. The van der Waals surface area contributed by atoms with E-state index in [2.05, 4.69) is 0 Å². The van der Waals surface area contributed by atoms with Gasteiger partial charge in [-0.2, -0.15) is 0 Å². The average molecular weight is 234 g/mol. The van der Waals surface area contributed by atoms with Crippen molar-refractivity contribution in [1.82, 2.24) is 0 Å². The number of carbonyl (C=O) groups excluding carboxylic acids is 1. The summed E-state index contributed by atoms with van der Waals surface area (Å²) in [6, 6.07) is 8.07. The molecule has 0 atom stereocenters. The minimum atomic E-state index is 0.178. The highest BCUT2D eigenvalue weighted by Crippen LogP contribution is 2.19. The summed E-state index contributed by atoms with van der Waals surface area (Å²) in [4.78, 5) is 13.9. The molecule has 17 heavy (non-hydrogen) atoms. The highest BCUT2D eigenvalue weighted by molar-refractivity contribution is 5.93. The third-order valence-corrected chi connectivity index (χ3v) is 2.70. The standard InChI is InChI=1S/C14H22N2O/c1-4-5-14(17)16(11(2)3)13-8-6-12(10-15)7-9-13/h6-9,11H,4-5,10,15H2,1-3H3. The van der Waals surface area contributed by atoms with Crippen LogP contribution in [0.5, 0.6) is 0 Å². The lowest BCUT2D eigenvalue weighted by atomic mass is 10.1. The van der Waals surface area contributed by atoms with Gasteiger partial charge in [0.05, 0.1) is 0 Å². The predicted molar refractivity (Wildman–Crippen MR) is 71.9 cm³/mol. The van der Waals surface area contributed by atoms with Gasteiger partial charge in [-0.25, -0.2) is 0 Å². The number of benzene rings is 1. The second-order valence-electron chi connectivity index (χ2n) is 4.48. The first-order valence-corrected chi connectivity index (χ1v) is 6.21. The van der Waals surface area contributed by atoms with Crippen LogP contribution in [0.25, 0.3) is 0 Å². The Balaban J connectivity index is 2.93. The minimum Gasteiger partial charge on any atom is -0.326 e. The van der Waals surface area contributed by atoms with Gasteiger partial charge >= 0.3 is 0 Å². The van der Waals surface area contributed by atoms with E-state index in [9.17, 15) is 4.79 Å². The first-order chi connectivity index (χ1) is 8.10. The van der Waals surface area contributed by atoms with Gasteiger partial charge in [0.25, 0.3) is 0 Å². The zero-order chi connectivity index (χ0) is 12.8. The van der Waals surface area contributed by atoms with Gasteiger partial charge in [-0.05, 0) is 38.0 Å². The highest BCUT2D eigenvalue weighted by atomic mass is 16.2. The molecule has 3 heteroatoms. The van der Waals surface area contributed by atoms with Crippen LogP contribution in [0.15, 0.2) is 24.3 Å². The molecule has 0 saturated carbocycles. The van der Waals surface area contributed by atoms with Crippen LogP contribution in [0.2, 0.25) is 0 Å². The number of nitrogens with two attached hydrogens (primary N) is 1. The molecular weight excluding hydrogens is 212 g/mol. The Kier molecular flexibility index (Phi) is 5.16. The lowest BCUT2D eigenvalue weighted by Gasteiger charge is -2.27. The maximum absolute atomic E-state index is 12.0. The van der Waals surface area contributed by atoms with Gasteiger partial charge in [-0.15, -0.1) is 0 Å². The normalized spacial score (nSPS) is 10.6. The minimum absolute atomic E-state index is 0.178. The molecule has 0 aliphatic heterocycles. The number of carbonyl (C=O) groups is 1. The number of anilines is 1. The molecule has 0 aromatic heterocycles. The van der Waals surface area contributed by atoms with E-state index in [1.807, 2.05) is 49.9 Å². The Morgan fingerprint density at radius 3 is 2.29 bits per heavy atom. The summed E-state index contributed by atoms with van der Waals surface area (Å²) in [6.07, 6.45) is 1.47. The van der Waals surface area contributed by atoms with Crippen LogP contribution in [-0.4, -0.2) is 11.9 Å². The number of hydrogen-bond donors (Lipinski definition) is 1. The molecule has 0 unspecified atom stereocenters. The Morgan fingerprint density at radius 2 is 1.88 bits per heavy atom. The lowest BCUT2D eigenvalue weighted by molar-refractivity contribution is -0.119. The summed E-state index contributed by atoms with van der Waals surface area (Å²) in [5, 5.41) is 0. The zero-order valence-electron chi connectivity index (χ0n) is 10.9. The molecule has 1 aromatic rings. The van der Waals surface area contributed by atoms with Gasteiger partial charge in [0.2, 0.25) is 5.91 Å². The molecule has 0 aliphatic rings. The van der Waals surface area contributed by atoms with Crippen molar-refractivity contribution in [2.45, 2.75) is 46.2 Å². The largest absolute Gasteiger partial charge is 0.326 e. The van der Waals surface area contributed by atoms with Crippen LogP contribution in [0.3, 0.4) is 0 Å². The van der Waals surface area contributed by atoms with Crippen LogP contribution in [0.1, 0.15) is 39.2 Å². The van der Waals surface area contributed by atoms with Gasteiger partial charge in [0, 0.05) is 24.7 Å². The maximum Gasteiger partial charge on any atom is 0.227 e. The fraction of sp³-hybridized carbons (Fsp3) is 0.500. The smallest absolute Gasteiger partial charge is 0.227 e. The van der Waals surface area contributed by atoms with Crippen molar-refractivity contribution in [2.24, 2.45) is 5.73 Å². The molecule has 94 valence electrons. The summed E-state index contributed by atoms with van der Waals surface area (Å²) >= 11 is 0. The molecule has 0 spiro atoms. The summed E-state index contributed by atoms with van der Waals surface area (Å²) < 4.78 is 0. The third kappa shape index (κ3) is 3.56. The monoisotopic (exact) mass is 234 g/mol. The SMILES string of the molecule is CCCC(=O)N(c1ccc(CN)cc1)C(C)C. The molecule has 0 fully saturated rings. The van der Waals surface area contributed by atoms with Gasteiger partial charge in [0.15, 0.2) is 0 Å². The first-order valence-electron chi connectivity index (χ1n) is 6.21. The zero-order valence-corrected chi connectivity index (χ0v) is 10.9. The van der Waals surface area contributed by atoms with Crippen molar-refractivity contribution in [3.63, 3.8) is 0 Å². The van der Waals surface area contributed by atoms with Gasteiger partial charge < -0.3 is 10.6 Å². The van der Waals surface area contributed by atoms with Crippen LogP contribution in [0.4, 0.5) is 5.69 Å². The van der Waals surface area contributed by atoms with Crippen LogP contribution in [0, 0.1) is 0 Å². The van der Waals surface area contributed by atoms with E-state index in [-0.39, 0.29) is 11.9 Å². The molecule has 2 N–H and O–H groups in total. The van der Waals surface area contributed by atoms with Crippen LogP contribution < -0.4 is 10.6 Å². The van der Waals surface area contributed by atoms with Crippen molar-refractivity contribution in [2.75, 3.05) is 4.90 Å². The number of rotatable bonds is 5. The Hall–Kier alpha value is -1.35. The van der Waals surface area contributed by atoms with E-state index in [1.165, 1.54) is 0 Å². The second-order valence-corrected chi connectivity index (χ2v) is 4.48. The fourth-order valence-corrected chi connectivity index (χ4v) is 1.86. The molecule has 1 rings (SSSR count).